The Morgan fingerprint density at radius 2 is 1.41 bits per heavy atom. The lowest BCUT2D eigenvalue weighted by Crippen LogP contribution is -2.21. The van der Waals surface area contributed by atoms with E-state index in [9.17, 15) is 9.90 Å². The van der Waals surface area contributed by atoms with Crippen molar-refractivity contribution in [2.45, 2.75) is 96.5 Å². The fourth-order valence-electron chi connectivity index (χ4n) is 2.49. The molecule has 0 aliphatic rings. The van der Waals surface area contributed by atoms with Gasteiger partial charge < -0.3 is 9.84 Å². The first-order valence-electron chi connectivity index (χ1n) is 9.13. The second-order valence-corrected chi connectivity index (χ2v) is 6.06. The van der Waals surface area contributed by atoms with Crippen LogP contribution in [-0.4, -0.2) is 24.3 Å². The van der Waals surface area contributed by atoms with E-state index >= 15 is 0 Å². The number of unbranched alkanes of at least 4 members (excludes halogenated alkanes) is 10. The molecule has 0 heterocycles. The average molecular weight is 312 g/mol. The molecular weight excluding hydrogens is 276 g/mol. The van der Waals surface area contributed by atoms with Gasteiger partial charge in [-0.2, -0.15) is 0 Å². The smallest absolute Gasteiger partial charge is 0.334 e. The predicted octanol–water partition coefficient (Wildman–Crippen LogP) is 5.17. The van der Waals surface area contributed by atoms with Crippen LogP contribution in [0.3, 0.4) is 0 Å². The molecule has 22 heavy (non-hydrogen) atoms. The summed E-state index contributed by atoms with van der Waals surface area (Å²) in [6.07, 6.45) is 19.1. The molecule has 0 bridgehead atoms. The second kappa shape index (κ2) is 16.5. The van der Waals surface area contributed by atoms with E-state index in [1.54, 1.807) is 0 Å². The van der Waals surface area contributed by atoms with Crippen LogP contribution in [0, 0.1) is 0 Å². The Labute approximate surface area is 137 Å². The molecule has 3 nitrogen and oxygen atoms in total. The molecule has 0 amide bonds. The van der Waals surface area contributed by atoms with Crippen molar-refractivity contribution < 1.29 is 14.6 Å². The van der Waals surface area contributed by atoms with Gasteiger partial charge >= 0.3 is 5.97 Å². The minimum Gasteiger partial charge on any atom is -0.467 e. The van der Waals surface area contributed by atoms with E-state index in [1.165, 1.54) is 58.5 Å². The van der Waals surface area contributed by atoms with Gasteiger partial charge in [-0.1, -0.05) is 70.4 Å². The average Bonchev–Trinajstić information content (AvgIpc) is 2.54. The first-order valence-corrected chi connectivity index (χ1v) is 9.13. The van der Waals surface area contributed by atoms with Crippen LogP contribution in [0.15, 0.2) is 12.2 Å². The second-order valence-electron chi connectivity index (χ2n) is 6.06. The van der Waals surface area contributed by atoms with Gasteiger partial charge in [0.15, 0.2) is 6.10 Å². The number of carbonyl (C=O) groups excluding carboxylic acids is 1. The van der Waals surface area contributed by atoms with Crippen LogP contribution in [0.1, 0.15) is 90.4 Å². The molecule has 1 N–H and O–H groups in total. The largest absolute Gasteiger partial charge is 0.467 e. The molecular formula is C19H36O3. The Bertz CT molecular complexity index is 274. The zero-order valence-corrected chi connectivity index (χ0v) is 14.7. The number of hydrogen-bond donors (Lipinski definition) is 1. The van der Waals surface area contributed by atoms with E-state index in [-0.39, 0.29) is 0 Å². The molecule has 1 atom stereocenters. The number of methoxy groups -OCH3 is 1. The molecule has 0 aliphatic heterocycles. The Balaban J connectivity index is 3.22. The number of carbonyl (C=O) groups is 1. The highest BCUT2D eigenvalue weighted by Gasteiger charge is 2.13. The number of rotatable bonds is 15. The van der Waals surface area contributed by atoms with Crippen molar-refractivity contribution in [3.8, 4) is 0 Å². The normalized spacial score (nSPS) is 12.7. The number of esters is 1. The first-order chi connectivity index (χ1) is 10.7. The van der Waals surface area contributed by atoms with Gasteiger partial charge in [0.25, 0.3) is 0 Å². The van der Waals surface area contributed by atoms with Crippen LogP contribution < -0.4 is 0 Å². The fourth-order valence-corrected chi connectivity index (χ4v) is 2.49. The summed E-state index contributed by atoms with van der Waals surface area (Å²) in [5, 5.41) is 9.42. The fraction of sp³-hybridized carbons (Fsp3) is 0.842. The third kappa shape index (κ3) is 14.1. The van der Waals surface area contributed by atoms with E-state index in [0.29, 0.717) is 6.42 Å². The van der Waals surface area contributed by atoms with Crippen molar-refractivity contribution in [1.29, 1.82) is 0 Å². The molecule has 3 heteroatoms. The van der Waals surface area contributed by atoms with Gasteiger partial charge in [0.05, 0.1) is 7.11 Å². The maximum Gasteiger partial charge on any atom is 0.334 e. The van der Waals surface area contributed by atoms with E-state index in [1.807, 2.05) is 0 Å². The molecule has 0 aromatic carbocycles. The van der Waals surface area contributed by atoms with Crippen LogP contribution in [0.5, 0.6) is 0 Å². The van der Waals surface area contributed by atoms with Gasteiger partial charge in [0, 0.05) is 0 Å². The minimum atomic E-state index is -0.942. The lowest BCUT2D eigenvalue weighted by Gasteiger charge is -2.07. The van der Waals surface area contributed by atoms with Crippen molar-refractivity contribution in [1.82, 2.24) is 0 Å². The van der Waals surface area contributed by atoms with Gasteiger partial charge in [-0.05, 0) is 32.1 Å². The molecule has 0 unspecified atom stereocenters. The molecule has 0 aromatic rings. The molecule has 0 spiro atoms. The molecule has 0 fully saturated rings. The zero-order chi connectivity index (χ0) is 16.5. The first kappa shape index (κ1) is 21.2. The minimum absolute atomic E-state index is 0.514. The number of hydrogen-bond acceptors (Lipinski definition) is 3. The maximum atomic E-state index is 11.0. The van der Waals surface area contributed by atoms with Crippen molar-refractivity contribution in [3.63, 3.8) is 0 Å². The molecule has 130 valence electrons. The molecule has 0 aromatic heterocycles. The van der Waals surface area contributed by atoms with E-state index < -0.39 is 12.1 Å². The Hall–Kier alpha value is -0.830. The molecule has 0 rings (SSSR count). The Morgan fingerprint density at radius 3 is 1.95 bits per heavy atom. The van der Waals surface area contributed by atoms with Crippen LogP contribution in [0.25, 0.3) is 0 Å². The van der Waals surface area contributed by atoms with Gasteiger partial charge in [0.1, 0.15) is 0 Å². The summed E-state index contributed by atoms with van der Waals surface area (Å²) < 4.78 is 4.48. The Morgan fingerprint density at radius 1 is 0.909 bits per heavy atom. The van der Waals surface area contributed by atoms with Crippen molar-refractivity contribution in [2.75, 3.05) is 7.11 Å². The van der Waals surface area contributed by atoms with Gasteiger partial charge in [-0.25, -0.2) is 4.79 Å². The summed E-state index contributed by atoms with van der Waals surface area (Å²) in [6, 6.07) is 0. The Kier molecular flexibility index (Phi) is 15.9. The number of ether oxygens (including phenoxy) is 1. The van der Waals surface area contributed by atoms with Crippen LogP contribution in [0.2, 0.25) is 0 Å². The topological polar surface area (TPSA) is 46.5 Å². The quantitative estimate of drug-likeness (QED) is 0.258. The van der Waals surface area contributed by atoms with Crippen molar-refractivity contribution in [2.24, 2.45) is 0 Å². The summed E-state index contributed by atoms with van der Waals surface area (Å²) in [4.78, 5) is 11.0. The van der Waals surface area contributed by atoms with Crippen LogP contribution in [0.4, 0.5) is 0 Å². The third-order valence-corrected chi connectivity index (χ3v) is 3.96. The summed E-state index contributed by atoms with van der Waals surface area (Å²) in [6.45, 7) is 2.25. The predicted molar refractivity (Wildman–Crippen MR) is 92.9 cm³/mol. The monoisotopic (exact) mass is 312 g/mol. The number of allylic oxidation sites excluding steroid dienone is 2. The number of aliphatic hydroxyl groups excluding tert-OH is 1. The van der Waals surface area contributed by atoms with Gasteiger partial charge in [0.2, 0.25) is 0 Å². The van der Waals surface area contributed by atoms with Crippen molar-refractivity contribution in [3.05, 3.63) is 12.2 Å². The highest BCUT2D eigenvalue weighted by atomic mass is 16.5. The lowest BCUT2D eigenvalue weighted by atomic mass is 10.1. The van der Waals surface area contributed by atoms with E-state index in [0.717, 1.165) is 25.7 Å². The summed E-state index contributed by atoms with van der Waals surface area (Å²) in [5.74, 6) is -0.516. The van der Waals surface area contributed by atoms with Crippen LogP contribution >= 0.6 is 0 Å². The SMILES string of the molecule is CCCCCCCC/C=C\CCCCCC[C@@H](O)C(=O)OC. The molecule has 0 radical (unpaired) electrons. The number of aliphatic hydroxyl groups is 1. The highest BCUT2D eigenvalue weighted by molar-refractivity contribution is 5.74. The van der Waals surface area contributed by atoms with E-state index in [4.69, 9.17) is 0 Å². The van der Waals surface area contributed by atoms with Gasteiger partial charge in [-0.15, -0.1) is 0 Å². The molecule has 0 saturated carbocycles. The molecule has 0 saturated heterocycles. The van der Waals surface area contributed by atoms with Crippen molar-refractivity contribution >= 4 is 5.97 Å². The lowest BCUT2D eigenvalue weighted by molar-refractivity contribution is -0.150. The zero-order valence-electron chi connectivity index (χ0n) is 14.7. The third-order valence-electron chi connectivity index (χ3n) is 3.96. The summed E-state index contributed by atoms with van der Waals surface area (Å²) >= 11 is 0. The summed E-state index contributed by atoms with van der Waals surface area (Å²) in [7, 11) is 1.31. The van der Waals surface area contributed by atoms with Crippen LogP contribution in [-0.2, 0) is 9.53 Å². The summed E-state index contributed by atoms with van der Waals surface area (Å²) in [5.41, 5.74) is 0. The molecule has 0 aliphatic carbocycles. The highest BCUT2D eigenvalue weighted by Crippen LogP contribution is 2.10. The maximum absolute atomic E-state index is 11.0. The standard InChI is InChI=1S/C19H36O3/c1-3-4-5-6-7-8-9-10-11-12-13-14-15-16-17-18(20)19(21)22-2/h10-11,18,20H,3-9,12-17H2,1-2H3/b11-10-/t18-/m1/s1. The van der Waals surface area contributed by atoms with E-state index in [2.05, 4.69) is 23.8 Å². The van der Waals surface area contributed by atoms with Gasteiger partial charge in [-0.3, -0.25) is 0 Å².